The van der Waals surface area contributed by atoms with Gasteiger partial charge in [-0.3, -0.25) is 9.78 Å². The number of amides is 1. The lowest BCUT2D eigenvalue weighted by atomic mass is 10.1. The van der Waals surface area contributed by atoms with Gasteiger partial charge in [-0.25, -0.2) is 4.39 Å². The molecule has 1 aliphatic carbocycles. The second-order valence-corrected chi connectivity index (χ2v) is 6.41. The minimum atomic E-state index is -0.377. The molecule has 1 saturated carbocycles. The summed E-state index contributed by atoms with van der Waals surface area (Å²) in [5.74, 6) is -0.474. The Balaban J connectivity index is 1.91. The summed E-state index contributed by atoms with van der Waals surface area (Å²) in [5, 5.41) is 0.352. The molecule has 1 heterocycles. The maximum atomic E-state index is 14.1. The lowest BCUT2D eigenvalue weighted by Gasteiger charge is -2.23. The average molecular weight is 333 g/mol. The predicted molar refractivity (Wildman–Crippen MR) is 88.0 cm³/mol. The number of benzene rings is 1. The zero-order valence-electron chi connectivity index (χ0n) is 13.1. The number of aryl methyl sites for hydroxylation is 2. The summed E-state index contributed by atoms with van der Waals surface area (Å²) < 4.78 is 14.1. The molecule has 0 saturated heterocycles. The van der Waals surface area contributed by atoms with Crippen molar-refractivity contribution in [1.82, 2.24) is 9.88 Å². The predicted octanol–water partition coefficient (Wildman–Crippen LogP) is 4.30. The highest BCUT2D eigenvalue weighted by molar-refractivity contribution is 6.31. The Morgan fingerprint density at radius 1 is 1.30 bits per heavy atom. The summed E-state index contributed by atoms with van der Waals surface area (Å²) >= 11 is 6.11. The van der Waals surface area contributed by atoms with Crippen molar-refractivity contribution in [2.24, 2.45) is 0 Å². The number of aromatic nitrogens is 1. The third kappa shape index (κ3) is 3.53. The fraction of sp³-hybridized carbons (Fsp3) is 0.333. The molecule has 1 amide bonds. The summed E-state index contributed by atoms with van der Waals surface area (Å²) in [5.41, 5.74) is 2.56. The second kappa shape index (κ2) is 6.28. The number of rotatable bonds is 4. The van der Waals surface area contributed by atoms with Gasteiger partial charge in [0.05, 0.1) is 6.54 Å². The van der Waals surface area contributed by atoms with Gasteiger partial charge in [-0.2, -0.15) is 0 Å². The van der Waals surface area contributed by atoms with Crippen LogP contribution in [0.2, 0.25) is 5.02 Å². The number of pyridine rings is 1. The fourth-order valence-corrected chi connectivity index (χ4v) is 2.95. The topological polar surface area (TPSA) is 33.2 Å². The van der Waals surface area contributed by atoms with E-state index < -0.39 is 0 Å². The van der Waals surface area contributed by atoms with Gasteiger partial charge in [0.15, 0.2) is 0 Å². The molecule has 0 aliphatic heterocycles. The molecular weight excluding hydrogens is 315 g/mol. The maximum absolute atomic E-state index is 14.1. The zero-order chi connectivity index (χ0) is 16.6. The second-order valence-electron chi connectivity index (χ2n) is 6.00. The van der Waals surface area contributed by atoms with Crippen molar-refractivity contribution in [2.75, 3.05) is 0 Å². The van der Waals surface area contributed by atoms with Crippen molar-refractivity contribution in [3.05, 3.63) is 63.7 Å². The molecule has 2 aromatic rings. The number of halogens is 2. The van der Waals surface area contributed by atoms with E-state index in [0.717, 1.165) is 24.2 Å². The normalized spacial score (nSPS) is 13.9. The largest absolute Gasteiger partial charge is 0.331 e. The monoisotopic (exact) mass is 332 g/mol. The van der Waals surface area contributed by atoms with Crippen LogP contribution in [0, 0.1) is 19.7 Å². The van der Waals surface area contributed by atoms with Crippen LogP contribution in [0.15, 0.2) is 30.3 Å². The van der Waals surface area contributed by atoms with Crippen LogP contribution >= 0.6 is 11.6 Å². The standard InChI is InChI=1S/C18H18ClFN2O/c1-11-8-13(9-12(2)21-11)18(23)22(14-6-7-14)10-15-16(19)4-3-5-17(15)20/h3-5,8-9,14H,6-7,10H2,1-2H3. The smallest absolute Gasteiger partial charge is 0.254 e. The van der Waals surface area contributed by atoms with Gasteiger partial charge in [-0.1, -0.05) is 17.7 Å². The van der Waals surface area contributed by atoms with E-state index in [4.69, 9.17) is 11.6 Å². The van der Waals surface area contributed by atoms with E-state index in [1.54, 1.807) is 29.2 Å². The van der Waals surface area contributed by atoms with Crippen LogP contribution in [0.1, 0.15) is 40.2 Å². The molecule has 3 nitrogen and oxygen atoms in total. The van der Waals surface area contributed by atoms with E-state index in [1.165, 1.54) is 6.07 Å². The van der Waals surface area contributed by atoms with Gasteiger partial charge in [0.1, 0.15) is 5.82 Å². The van der Waals surface area contributed by atoms with Crippen LogP contribution in [0.4, 0.5) is 4.39 Å². The Bertz CT molecular complexity index is 718. The van der Waals surface area contributed by atoms with Crippen molar-refractivity contribution in [3.8, 4) is 0 Å². The molecule has 1 fully saturated rings. The number of carbonyl (C=O) groups excluding carboxylic acids is 1. The van der Waals surface area contributed by atoms with Gasteiger partial charge in [-0.15, -0.1) is 0 Å². The maximum Gasteiger partial charge on any atom is 0.254 e. The van der Waals surface area contributed by atoms with Gasteiger partial charge in [-0.05, 0) is 51.0 Å². The van der Waals surface area contributed by atoms with Crippen molar-refractivity contribution in [1.29, 1.82) is 0 Å². The van der Waals surface area contributed by atoms with Crippen LogP contribution in [0.5, 0.6) is 0 Å². The van der Waals surface area contributed by atoms with E-state index in [9.17, 15) is 9.18 Å². The molecule has 0 radical (unpaired) electrons. The molecule has 5 heteroatoms. The third-order valence-corrected chi connectivity index (χ3v) is 4.32. The minimum absolute atomic E-state index is 0.0968. The Morgan fingerprint density at radius 3 is 2.52 bits per heavy atom. The first-order valence-electron chi connectivity index (χ1n) is 7.65. The molecule has 0 N–H and O–H groups in total. The van der Waals surface area contributed by atoms with Gasteiger partial charge >= 0.3 is 0 Å². The van der Waals surface area contributed by atoms with E-state index in [1.807, 2.05) is 13.8 Å². The summed E-state index contributed by atoms with van der Waals surface area (Å²) in [6, 6.07) is 8.29. The van der Waals surface area contributed by atoms with E-state index >= 15 is 0 Å². The first-order valence-corrected chi connectivity index (χ1v) is 8.02. The van der Waals surface area contributed by atoms with Crippen LogP contribution in [0.25, 0.3) is 0 Å². The molecule has 1 aliphatic rings. The van der Waals surface area contributed by atoms with Gasteiger partial charge in [0.25, 0.3) is 5.91 Å². The molecular formula is C18H18ClFN2O. The van der Waals surface area contributed by atoms with Gasteiger partial charge < -0.3 is 4.90 Å². The quantitative estimate of drug-likeness (QED) is 0.836. The number of hydrogen-bond donors (Lipinski definition) is 0. The number of carbonyl (C=O) groups is 1. The van der Waals surface area contributed by atoms with Crippen LogP contribution < -0.4 is 0 Å². The Kier molecular flexibility index (Phi) is 4.35. The van der Waals surface area contributed by atoms with Crippen molar-refractivity contribution in [2.45, 2.75) is 39.3 Å². The van der Waals surface area contributed by atoms with Crippen molar-refractivity contribution < 1.29 is 9.18 Å². The molecule has 23 heavy (non-hydrogen) atoms. The summed E-state index contributed by atoms with van der Waals surface area (Å²) in [4.78, 5) is 18.9. The lowest BCUT2D eigenvalue weighted by molar-refractivity contribution is 0.0728. The first-order chi connectivity index (χ1) is 11.0. The van der Waals surface area contributed by atoms with Crippen molar-refractivity contribution in [3.63, 3.8) is 0 Å². The molecule has 0 atom stereocenters. The Morgan fingerprint density at radius 2 is 1.96 bits per heavy atom. The summed E-state index contributed by atoms with van der Waals surface area (Å²) in [6.07, 6.45) is 1.89. The molecule has 1 aromatic heterocycles. The highest BCUT2D eigenvalue weighted by atomic mass is 35.5. The molecule has 1 aromatic carbocycles. The lowest BCUT2D eigenvalue weighted by Crippen LogP contribution is -2.33. The molecule has 120 valence electrons. The van der Waals surface area contributed by atoms with E-state index in [-0.39, 0.29) is 24.3 Å². The zero-order valence-corrected chi connectivity index (χ0v) is 13.9. The SMILES string of the molecule is Cc1cc(C(=O)N(Cc2c(F)cccc2Cl)C2CC2)cc(C)n1. The number of nitrogens with zero attached hydrogens (tertiary/aromatic N) is 2. The van der Waals surface area contributed by atoms with Gasteiger partial charge in [0, 0.05) is 33.6 Å². The highest BCUT2D eigenvalue weighted by Crippen LogP contribution is 2.32. The van der Waals surface area contributed by atoms with E-state index in [0.29, 0.717) is 16.1 Å². The fourth-order valence-electron chi connectivity index (χ4n) is 2.73. The highest BCUT2D eigenvalue weighted by Gasteiger charge is 2.34. The van der Waals surface area contributed by atoms with Crippen LogP contribution in [0.3, 0.4) is 0 Å². The summed E-state index contributed by atoms with van der Waals surface area (Å²) in [7, 11) is 0. The summed E-state index contributed by atoms with van der Waals surface area (Å²) in [6.45, 7) is 3.91. The first kappa shape index (κ1) is 15.9. The molecule has 0 spiro atoms. The molecule has 0 bridgehead atoms. The minimum Gasteiger partial charge on any atom is -0.331 e. The molecule has 0 unspecified atom stereocenters. The van der Waals surface area contributed by atoms with Gasteiger partial charge in [0.2, 0.25) is 0 Å². The Hall–Kier alpha value is -1.94. The van der Waals surface area contributed by atoms with Crippen molar-refractivity contribution >= 4 is 17.5 Å². The Labute approximate surface area is 140 Å². The van der Waals surface area contributed by atoms with E-state index in [2.05, 4.69) is 4.98 Å². The third-order valence-electron chi connectivity index (χ3n) is 3.97. The number of hydrogen-bond acceptors (Lipinski definition) is 2. The molecule has 3 rings (SSSR count). The average Bonchev–Trinajstić information content (AvgIpc) is 3.30. The van der Waals surface area contributed by atoms with Crippen LogP contribution in [-0.4, -0.2) is 21.8 Å². The van der Waals surface area contributed by atoms with Crippen LogP contribution in [-0.2, 0) is 6.54 Å².